The lowest BCUT2D eigenvalue weighted by Crippen LogP contribution is -1.86. The molecule has 1 atom stereocenters. The molecule has 0 bridgehead atoms. The van der Waals surface area contributed by atoms with Gasteiger partial charge in [-0.25, -0.2) is 0 Å². The van der Waals surface area contributed by atoms with Crippen LogP contribution in [0.1, 0.15) is 25.3 Å². The van der Waals surface area contributed by atoms with Crippen molar-refractivity contribution in [1.82, 2.24) is 0 Å². The first-order valence-corrected chi connectivity index (χ1v) is 4.38. The van der Waals surface area contributed by atoms with Gasteiger partial charge in [0.05, 0.1) is 0 Å². The molecule has 0 aliphatic rings. The van der Waals surface area contributed by atoms with Gasteiger partial charge < -0.3 is 5.11 Å². The van der Waals surface area contributed by atoms with E-state index in [1.54, 1.807) is 6.92 Å². The van der Waals surface area contributed by atoms with E-state index in [1.807, 2.05) is 37.3 Å². The SMILES string of the molecule is C#CC(C)c1ccccc1.CCO. The van der Waals surface area contributed by atoms with Crippen LogP contribution in [0.3, 0.4) is 0 Å². The van der Waals surface area contributed by atoms with E-state index < -0.39 is 0 Å². The van der Waals surface area contributed by atoms with Crippen LogP contribution in [0.15, 0.2) is 30.3 Å². The van der Waals surface area contributed by atoms with Gasteiger partial charge in [0.15, 0.2) is 0 Å². The molecule has 0 spiro atoms. The summed E-state index contributed by atoms with van der Waals surface area (Å²) in [6.07, 6.45) is 5.25. The van der Waals surface area contributed by atoms with Gasteiger partial charge in [-0.1, -0.05) is 36.3 Å². The highest BCUT2D eigenvalue weighted by atomic mass is 16.2. The number of aliphatic hydroxyl groups excluding tert-OH is 1. The number of aliphatic hydroxyl groups is 1. The zero-order valence-electron chi connectivity index (χ0n) is 8.20. The Balaban J connectivity index is 0.000000424. The fourth-order valence-corrected chi connectivity index (χ4v) is 0.838. The topological polar surface area (TPSA) is 20.2 Å². The standard InChI is InChI=1S/C10H10.C2H6O/c1-3-9(2)10-7-5-4-6-8-10;1-2-3/h1,4-9H,2H3;3H,2H2,1H3. The van der Waals surface area contributed by atoms with Crippen LogP contribution in [0.5, 0.6) is 0 Å². The lowest BCUT2D eigenvalue weighted by Gasteiger charge is -2.01. The van der Waals surface area contributed by atoms with E-state index in [0.717, 1.165) is 0 Å². The second-order valence-corrected chi connectivity index (χ2v) is 2.62. The predicted molar refractivity (Wildman–Crippen MR) is 56.4 cm³/mol. The summed E-state index contributed by atoms with van der Waals surface area (Å²) >= 11 is 0. The van der Waals surface area contributed by atoms with Crippen molar-refractivity contribution in [1.29, 1.82) is 0 Å². The van der Waals surface area contributed by atoms with Gasteiger partial charge in [-0.05, 0) is 19.4 Å². The van der Waals surface area contributed by atoms with Crippen molar-refractivity contribution in [2.75, 3.05) is 6.61 Å². The van der Waals surface area contributed by atoms with Crippen molar-refractivity contribution in [3.63, 3.8) is 0 Å². The van der Waals surface area contributed by atoms with Crippen molar-refractivity contribution < 1.29 is 5.11 Å². The first-order valence-electron chi connectivity index (χ1n) is 4.38. The highest BCUT2D eigenvalue weighted by Crippen LogP contribution is 2.11. The summed E-state index contributed by atoms with van der Waals surface area (Å²) in [6, 6.07) is 10.1. The van der Waals surface area contributed by atoms with Crippen LogP contribution in [-0.4, -0.2) is 11.7 Å². The fourth-order valence-electron chi connectivity index (χ4n) is 0.838. The van der Waals surface area contributed by atoms with Gasteiger partial charge in [0.1, 0.15) is 0 Å². The Labute approximate surface area is 80.4 Å². The summed E-state index contributed by atoms with van der Waals surface area (Å²) in [4.78, 5) is 0. The lowest BCUT2D eigenvalue weighted by atomic mass is 10.0. The summed E-state index contributed by atoms with van der Waals surface area (Å²) in [7, 11) is 0. The molecule has 0 aliphatic carbocycles. The summed E-state index contributed by atoms with van der Waals surface area (Å²) in [6.45, 7) is 3.95. The maximum atomic E-state index is 7.57. The van der Waals surface area contributed by atoms with Crippen LogP contribution in [0, 0.1) is 12.3 Å². The molecule has 0 radical (unpaired) electrons. The van der Waals surface area contributed by atoms with Crippen LogP contribution >= 0.6 is 0 Å². The fraction of sp³-hybridized carbons (Fsp3) is 0.333. The zero-order chi connectivity index (χ0) is 10.1. The Morgan fingerprint density at radius 3 is 2.23 bits per heavy atom. The van der Waals surface area contributed by atoms with Gasteiger partial charge in [-0.2, -0.15) is 0 Å². The summed E-state index contributed by atoms with van der Waals surface area (Å²) in [5.41, 5.74) is 1.21. The summed E-state index contributed by atoms with van der Waals surface area (Å²) in [5, 5.41) is 7.57. The lowest BCUT2D eigenvalue weighted by molar-refractivity contribution is 0.318. The van der Waals surface area contributed by atoms with Crippen molar-refractivity contribution in [2.45, 2.75) is 19.8 Å². The van der Waals surface area contributed by atoms with E-state index in [-0.39, 0.29) is 12.5 Å². The third-order valence-electron chi connectivity index (χ3n) is 1.55. The highest BCUT2D eigenvalue weighted by molar-refractivity contribution is 5.24. The molecule has 0 saturated carbocycles. The smallest absolute Gasteiger partial charge is 0.0421 e. The second kappa shape index (κ2) is 7.39. The zero-order valence-corrected chi connectivity index (χ0v) is 8.20. The molecule has 1 nitrogen and oxygen atoms in total. The molecule has 0 aromatic heterocycles. The molecule has 1 rings (SSSR count). The third-order valence-corrected chi connectivity index (χ3v) is 1.55. The molecule has 0 saturated heterocycles. The van der Waals surface area contributed by atoms with Crippen molar-refractivity contribution in [2.24, 2.45) is 0 Å². The molecule has 13 heavy (non-hydrogen) atoms. The third kappa shape index (κ3) is 5.05. The molecule has 1 unspecified atom stereocenters. The molecule has 0 amide bonds. The van der Waals surface area contributed by atoms with Crippen LogP contribution in [0.25, 0.3) is 0 Å². The number of rotatable bonds is 1. The van der Waals surface area contributed by atoms with E-state index in [0.29, 0.717) is 0 Å². The molecule has 70 valence electrons. The Morgan fingerprint density at radius 2 is 1.85 bits per heavy atom. The molecule has 0 fully saturated rings. The van der Waals surface area contributed by atoms with Gasteiger partial charge in [0, 0.05) is 12.5 Å². The Bertz CT molecular complexity index is 246. The average molecular weight is 176 g/mol. The van der Waals surface area contributed by atoms with Crippen molar-refractivity contribution in [3.8, 4) is 12.3 Å². The van der Waals surface area contributed by atoms with Crippen LogP contribution in [0.4, 0.5) is 0 Å². The van der Waals surface area contributed by atoms with Gasteiger partial charge in [-0.15, -0.1) is 6.42 Å². The van der Waals surface area contributed by atoms with Crippen molar-refractivity contribution >= 4 is 0 Å². The minimum absolute atomic E-state index is 0.237. The molecular formula is C12H16O. The van der Waals surface area contributed by atoms with E-state index >= 15 is 0 Å². The minimum atomic E-state index is 0.237. The van der Waals surface area contributed by atoms with E-state index in [4.69, 9.17) is 11.5 Å². The minimum Gasteiger partial charge on any atom is -0.397 e. The summed E-state index contributed by atoms with van der Waals surface area (Å²) < 4.78 is 0. The van der Waals surface area contributed by atoms with E-state index in [1.165, 1.54) is 5.56 Å². The van der Waals surface area contributed by atoms with Gasteiger partial charge in [0.2, 0.25) is 0 Å². The monoisotopic (exact) mass is 176 g/mol. The van der Waals surface area contributed by atoms with Crippen LogP contribution < -0.4 is 0 Å². The molecule has 0 aliphatic heterocycles. The first-order chi connectivity index (χ1) is 6.26. The molecule has 1 N–H and O–H groups in total. The van der Waals surface area contributed by atoms with Crippen molar-refractivity contribution in [3.05, 3.63) is 35.9 Å². The summed E-state index contributed by atoms with van der Waals surface area (Å²) in [5.74, 6) is 2.92. The van der Waals surface area contributed by atoms with Gasteiger partial charge in [0.25, 0.3) is 0 Å². The maximum absolute atomic E-state index is 7.57. The van der Waals surface area contributed by atoms with Gasteiger partial charge in [-0.3, -0.25) is 0 Å². The molecular weight excluding hydrogens is 160 g/mol. The number of hydrogen-bond donors (Lipinski definition) is 1. The quantitative estimate of drug-likeness (QED) is 0.651. The predicted octanol–water partition coefficient (Wildman–Crippen LogP) is 2.42. The second-order valence-electron chi connectivity index (χ2n) is 2.62. The van der Waals surface area contributed by atoms with Gasteiger partial charge >= 0.3 is 0 Å². The average Bonchev–Trinajstić information content (AvgIpc) is 2.19. The Hall–Kier alpha value is -1.26. The highest BCUT2D eigenvalue weighted by Gasteiger charge is 1.96. The Morgan fingerprint density at radius 1 is 1.38 bits per heavy atom. The number of terminal acetylenes is 1. The molecule has 1 heteroatoms. The number of benzene rings is 1. The normalized spacial score (nSPS) is 10.6. The largest absolute Gasteiger partial charge is 0.397 e. The van der Waals surface area contributed by atoms with Crippen LogP contribution in [-0.2, 0) is 0 Å². The van der Waals surface area contributed by atoms with E-state index in [2.05, 4.69) is 5.92 Å². The van der Waals surface area contributed by atoms with Crippen LogP contribution in [0.2, 0.25) is 0 Å². The Kier molecular flexibility index (Phi) is 6.68. The molecule has 1 aromatic carbocycles. The first kappa shape index (κ1) is 11.7. The number of hydrogen-bond acceptors (Lipinski definition) is 1. The molecule has 0 heterocycles. The van der Waals surface area contributed by atoms with E-state index in [9.17, 15) is 0 Å². The molecule has 1 aromatic rings. The maximum Gasteiger partial charge on any atom is 0.0421 e.